The Labute approximate surface area is 128 Å². The van der Waals surface area contributed by atoms with Crippen molar-refractivity contribution in [1.82, 2.24) is 10.3 Å². The third-order valence-corrected chi connectivity index (χ3v) is 4.10. The van der Waals surface area contributed by atoms with Gasteiger partial charge in [0.1, 0.15) is 10.7 Å². The lowest BCUT2D eigenvalue weighted by molar-refractivity contribution is 0.0932. The van der Waals surface area contributed by atoms with E-state index in [4.69, 9.17) is 5.11 Å². The Morgan fingerprint density at radius 1 is 1.38 bits per heavy atom. The third-order valence-electron chi connectivity index (χ3n) is 3.21. The number of rotatable bonds is 6. The molecule has 2 rings (SSSR count). The van der Waals surface area contributed by atoms with Crippen molar-refractivity contribution >= 4 is 17.2 Å². The summed E-state index contributed by atoms with van der Waals surface area (Å²) in [5.74, 6) is -0.157. The van der Waals surface area contributed by atoms with Gasteiger partial charge in [-0.1, -0.05) is 29.8 Å². The number of hydrogen-bond donors (Lipinski definition) is 2. The van der Waals surface area contributed by atoms with Crippen LogP contribution in [0.3, 0.4) is 0 Å². The molecule has 1 amide bonds. The van der Waals surface area contributed by atoms with Gasteiger partial charge in [0.2, 0.25) is 0 Å². The molecule has 5 heteroatoms. The van der Waals surface area contributed by atoms with E-state index >= 15 is 0 Å². The maximum atomic E-state index is 12.1. The van der Waals surface area contributed by atoms with Crippen molar-refractivity contribution in [3.8, 4) is 10.6 Å². The van der Waals surface area contributed by atoms with E-state index < -0.39 is 0 Å². The van der Waals surface area contributed by atoms with Crippen LogP contribution >= 0.6 is 11.3 Å². The minimum atomic E-state index is -0.157. The molecule has 0 aliphatic carbocycles. The Morgan fingerprint density at radius 3 is 2.76 bits per heavy atom. The fourth-order valence-electron chi connectivity index (χ4n) is 1.97. The Bertz CT molecular complexity index is 593. The lowest BCUT2D eigenvalue weighted by Crippen LogP contribution is -2.32. The molecule has 1 unspecified atom stereocenters. The topological polar surface area (TPSA) is 62.2 Å². The first-order valence-electron chi connectivity index (χ1n) is 7.04. The molecule has 21 heavy (non-hydrogen) atoms. The van der Waals surface area contributed by atoms with Crippen molar-refractivity contribution in [1.29, 1.82) is 0 Å². The van der Waals surface area contributed by atoms with E-state index in [0.717, 1.165) is 17.0 Å². The largest absolute Gasteiger partial charge is 0.396 e. The molecule has 112 valence electrons. The van der Waals surface area contributed by atoms with Crippen LogP contribution in [0.4, 0.5) is 0 Å². The highest BCUT2D eigenvalue weighted by molar-refractivity contribution is 7.13. The molecule has 0 bridgehead atoms. The summed E-state index contributed by atoms with van der Waals surface area (Å²) in [4.78, 5) is 16.5. The smallest absolute Gasteiger partial charge is 0.270 e. The van der Waals surface area contributed by atoms with Gasteiger partial charge in [0, 0.05) is 23.6 Å². The van der Waals surface area contributed by atoms with Crippen LogP contribution in [0.2, 0.25) is 0 Å². The molecule has 1 aromatic carbocycles. The van der Waals surface area contributed by atoms with Gasteiger partial charge in [0.05, 0.1) is 0 Å². The summed E-state index contributed by atoms with van der Waals surface area (Å²) in [5.41, 5.74) is 2.68. The zero-order valence-corrected chi connectivity index (χ0v) is 13.1. The van der Waals surface area contributed by atoms with Crippen LogP contribution in [-0.2, 0) is 0 Å². The zero-order chi connectivity index (χ0) is 15.2. The Hall–Kier alpha value is -1.72. The van der Waals surface area contributed by atoms with Crippen molar-refractivity contribution in [3.05, 3.63) is 40.9 Å². The molecule has 1 heterocycles. The van der Waals surface area contributed by atoms with Gasteiger partial charge in [-0.05, 0) is 26.7 Å². The number of aliphatic hydroxyl groups is 1. The van der Waals surface area contributed by atoms with Gasteiger partial charge in [-0.2, -0.15) is 0 Å². The van der Waals surface area contributed by atoms with Crippen LogP contribution in [0.1, 0.15) is 35.8 Å². The number of thiazole rings is 1. The van der Waals surface area contributed by atoms with E-state index in [-0.39, 0.29) is 18.6 Å². The second kappa shape index (κ2) is 7.33. The number of nitrogens with zero attached hydrogens (tertiary/aromatic N) is 1. The highest BCUT2D eigenvalue weighted by Gasteiger charge is 2.14. The molecule has 0 radical (unpaired) electrons. The molecule has 2 aromatic rings. The number of carbonyl (C=O) groups is 1. The molecule has 0 saturated heterocycles. The maximum absolute atomic E-state index is 12.1. The molecule has 0 spiro atoms. The number of hydrogen-bond acceptors (Lipinski definition) is 4. The molecule has 0 aliphatic rings. The number of aromatic nitrogens is 1. The molecule has 1 atom stereocenters. The van der Waals surface area contributed by atoms with Gasteiger partial charge in [-0.15, -0.1) is 11.3 Å². The van der Waals surface area contributed by atoms with E-state index in [2.05, 4.69) is 10.3 Å². The molecule has 0 fully saturated rings. The first-order valence-corrected chi connectivity index (χ1v) is 7.92. The van der Waals surface area contributed by atoms with Gasteiger partial charge in [-0.3, -0.25) is 4.79 Å². The second-order valence-electron chi connectivity index (χ2n) is 5.14. The van der Waals surface area contributed by atoms with Crippen LogP contribution in [0, 0.1) is 6.92 Å². The normalized spacial score (nSPS) is 12.1. The predicted molar refractivity (Wildman–Crippen MR) is 85.5 cm³/mol. The van der Waals surface area contributed by atoms with Crippen molar-refractivity contribution in [3.63, 3.8) is 0 Å². The average molecular weight is 304 g/mol. The number of benzene rings is 1. The Balaban J connectivity index is 2.02. The summed E-state index contributed by atoms with van der Waals surface area (Å²) < 4.78 is 0. The van der Waals surface area contributed by atoms with Gasteiger partial charge in [0.25, 0.3) is 5.91 Å². The second-order valence-corrected chi connectivity index (χ2v) is 6.00. The monoisotopic (exact) mass is 304 g/mol. The van der Waals surface area contributed by atoms with Gasteiger partial charge < -0.3 is 10.4 Å². The van der Waals surface area contributed by atoms with Crippen LogP contribution in [-0.4, -0.2) is 28.6 Å². The van der Waals surface area contributed by atoms with Crippen molar-refractivity contribution < 1.29 is 9.90 Å². The SMILES string of the molecule is Cc1ccc(-c2nc(C(=O)NC(C)CCCO)cs2)cc1. The van der Waals surface area contributed by atoms with Crippen molar-refractivity contribution in [2.45, 2.75) is 32.7 Å². The minimum absolute atomic E-state index is 0.0363. The zero-order valence-electron chi connectivity index (χ0n) is 12.3. The lowest BCUT2D eigenvalue weighted by Gasteiger charge is -2.11. The molecule has 1 aromatic heterocycles. The summed E-state index contributed by atoms with van der Waals surface area (Å²) in [6, 6.07) is 8.13. The molecule has 2 N–H and O–H groups in total. The quantitative estimate of drug-likeness (QED) is 0.862. The van der Waals surface area contributed by atoms with E-state index in [1.165, 1.54) is 16.9 Å². The van der Waals surface area contributed by atoms with Crippen LogP contribution in [0.5, 0.6) is 0 Å². The molecular weight excluding hydrogens is 284 g/mol. The number of aryl methyl sites for hydroxylation is 1. The van der Waals surface area contributed by atoms with E-state index in [1.54, 1.807) is 5.38 Å². The predicted octanol–water partition coefficient (Wildman–Crippen LogP) is 3.01. The fourth-order valence-corrected chi connectivity index (χ4v) is 2.78. The minimum Gasteiger partial charge on any atom is -0.396 e. The number of amides is 1. The first-order chi connectivity index (χ1) is 10.1. The van der Waals surface area contributed by atoms with Crippen LogP contribution in [0.15, 0.2) is 29.6 Å². The van der Waals surface area contributed by atoms with Gasteiger partial charge in [0.15, 0.2) is 0 Å². The fraction of sp³-hybridized carbons (Fsp3) is 0.375. The van der Waals surface area contributed by atoms with Crippen molar-refractivity contribution in [2.24, 2.45) is 0 Å². The van der Waals surface area contributed by atoms with Crippen LogP contribution < -0.4 is 5.32 Å². The Kier molecular flexibility index (Phi) is 5.47. The lowest BCUT2D eigenvalue weighted by atomic mass is 10.2. The van der Waals surface area contributed by atoms with Gasteiger partial charge >= 0.3 is 0 Å². The molecule has 0 aliphatic heterocycles. The number of aliphatic hydroxyl groups excluding tert-OH is 1. The summed E-state index contributed by atoms with van der Waals surface area (Å²) >= 11 is 1.47. The number of carbonyl (C=O) groups excluding carboxylic acids is 1. The first kappa shape index (κ1) is 15.7. The molecule has 4 nitrogen and oxygen atoms in total. The Morgan fingerprint density at radius 2 is 2.10 bits per heavy atom. The van der Waals surface area contributed by atoms with Crippen molar-refractivity contribution in [2.75, 3.05) is 6.61 Å². The summed E-state index contributed by atoms with van der Waals surface area (Å²) in [6.45, 7) is 4.12. The molecular formula is C16H20N2O2S. The summed E-state index contributed by atoms with van der Waals surface area (Å²) in [7, 11) is 0. The standard InChI is InChI=1S/C16H20N2O2S/c1-11-5-7-13(8-6-11)16-18-14(10-21-16)15(20)17-12(2)4-3-9-19/h5-8,10,12,19H,3-4,9H2,1-2H3,(H,17,20). The van der Waals surface area contributed by atoms with E-state index in [1.807, 2.05) is 38.1 Å². The van der Waals surface area contributed by atoms with Gasteiger partial charge in [-0.25, -0.2) is 4.98 Å². The summed E-state index contributed by atoms with van der Waals surface area (Å²) in [6.07, 6.45) is 1.45. The molecule has 0 saturated carbocycles. The average Bonchev–Trinajstić information content (AvgIpc) is 2.96. The maximum Gasteiger partial charge on any atom is 0.270 e. The number of nitrogens with one attached hydrogen (secondary N) is 1. The van der Waals surface area contributed by atoms with Crippen LogP contribution in [0.25, 0.3) is 10.6 Å². The highest BCUT2D eigenvalue weighted by Crippen LogP contribution is 2.24. The van der Waals surface area contributed by atoms with E-state index in [0.29, 0.717) is 12.1 Å². The highest BCUT2D eigenvalue weighted by atomic mass is 32.1. The summed E-state index contributed by atoms with van der Waals surface area (Å²) in [5, 5.41) is 14.3. The third kappa shape index (κ3) is 4.37. The van der Waals surface area contributed by atoms with E-state index in [9.17, 15) is 4.79 Å².